The van der Waals surface area contributed by atoms with Crippen molar-refractivity contribution in [2.45, 2.75) is 33.1 Å². The third-order valence-corrected chi connectivity index (χ3v) is 4.06. The number of nitrogens with two attached hydrogens (primary N) is 1. The smallest absolute Gasteiger partial charge is 0.141 e. The maximum absolute atomic E-state index is 6.09. The van der Waals surface area contributed by atoms with E-state index in [0.29, 0.717) is 11.7 Å². The minimum atomic E-state index is 0.602. The molecule has 1 atom stereocenters. The van der Waals surface area contributed by atoms with Crippen molar-refractivity contribution in [3.05, 3.63) is 41.7 Å². The maximum atomic E-state index is 6.09. The van der Waals surface area contributed by atoms with Crippen molar-refractivity contribution in [3.8, 4) is 0 Å². The lowest BCUT2D eigenvalue weighted by molar-refractivity contribution is 0.559. The highest BCUT2D eigenvalue weighted by Crippen LogP contribution is 2.36. The summed E-state index contributed by atoms with van der Waals surface area (Å²) < 4.78 is 0. The molecule has 2 N–H and O–H groups in total. The van der Waals surface area contributed by atoms with Crippen molar-refractivity contribution < 1.29 is 0 Å². The van der Waals surface area contributed by atoms with Crippen molar-refractivity contribution in [3.63, 3.8) is 0 Å². The van der Waals surface area contributed by atoms with E-state index in [0.717, 1.165) is 37.2 Å². The Labute approximate surface area is 126 Å². The molecule has 1 aromatic carbocycles. The van der Waals surface area contributed by atoms with E-state index in [-0.39, 0.29) is 0 Å². The summed E-state index contributed by atoms with van der Waals surface area (Å²) in [6.07, 6.45) is 4.65. The van der Waals surface area contributed by atoms with Gasteiger partial charge in [-0.25, -0.2) is 9.97 Å². The monoisotopic (exact) mass is 282 g/mol. The first-order valence-electron chi connectivity index (χ1n) is 7.65. The van der Waals surface area contributed by atoms with Crippen molar-refractivity contribution in [2.75, 3.05) is 17.2 Å². The number of nitrogen functional groups attached to an aromatic ring is 1. The first-order valence-corrected chi connectivity index (χ1v) is 7.65. The molecule has 2 aromatic rings. The van der Waals surface area contributed by atoms with Crippen LogP contribution in [0.4, 0.5) is 17.3 Å². The topological polar surface area (TPSA) is 55.0 Å². The molecule has 1 aliphatic heterocycles. The fraction of sp³-hybridized carbons (Fsp3) is 0.412. The largest absolute Gasteiger partial charge is 0.383 e. The number of aromatic nitrogens is 2. The van der Waals surface area contributed by atoms with E-state index in [9.17, 15) is 0 Å². The molecule has 0 amide bonds. The number of rotatable bonds is 3. The quantitative estimate of drug-likeness (QED) is 0.938. The molecule has 0 bridgehead atoms. The van der Waals surface area contributed by atoms with E-state index in [1.165, 1.54) is 11.3 Å². The number of nitrogens with zero attached hydrogens (tertiary/aromatic N) is 3. The number of anilines is 3. The van der Waals surface area contributed by atoms with Gasteiger partial charge in [-0.2, -0.15) is 0 Å². The summed E-state index contributed by atoms with van der Waals surface area (Å²) in [6, 6.07) is 8.58. The van der Waals surface area contributed by atoms with Gasteiger partial charge in [0.2, 0.25) is 0 Å². The second-order valence-electron chi connectivity index (χ2n) is 5.86. The maximum Gasteiger partial charge on any atom is 0.141 e. The summed E-state index contributed by atoms with van der Waals surface area (Å²) in [6.45, 7) is 5.42. The van der Waals surface area contributed by atoms with Crippen molar-refractivity contribution >= 4 is 17.3 Å². The van der Waals surface area contributed by atoms with Gasteiger partial charge in [0.15, 0.2) is 0 Å². The van der Waals surface area contributed by atoms with E-state index >= 15 is 0 Å². The molecule has 110 valence electrons. The molecule has 0 fully saturated rings. The van der Waals surface area contributed by atoms with Crippen LogP contribution in [0.25, 0.3) is 0 Å². The van der Waals surface area contributed by atoms with Gasteiger partial charge in [0.25, 0.3) is 0 Å². The first-order chi connectivity index (χ1) is 10.2. The fourth-order valence-corrected chi connectivity index (χ4v) is 3.14. The lowest BCUT2D eigenvalue weighted by Crippen LogP contribution is -2.32. The normalized spacial score (nSPS) is 17.6. The van der Waals surface area contributed by atoms with Crippen molar-refractivity contribution in [1.29, 1.82) is 0 Å². The molecule has 0 spiro atoms. The van der Waals surface area contributed by atoms with Crippen LogP contribution < -0.4 is 10.6 Å². The molecule has 0 aliphatic carbocycles. The number of hydrogen-bond acceptors (Lipinski definition) is 4. The Morgan fingerprint density at radius 3 is 2.90 bits per heavy atom. The molecular formula is C17H22N4. The van der Waals surface area contributed by atoms with Crippen LogP contribution in [0.2, 0.25) is 0 Å². The third-order valence-electron chi connectivity index (χ3n) is 4.06. The van der Waals surface area contributed by atoms with Crippen LogP contribution in [0.5, 0.6) is 0 Å². The number of hydrogen-bond donors (Lipinski definition) is 1. The molecule has 21 heavy (non-hydrogen) atoms. The summed E-state index contributed by atoms with van der Waals surface area (Å²) in [5.41, 5.74) is 9.80. The number of benzene rings is 1. The minimum Gasteiger partial charge on any atom is -0.383 e. The van der Waals surface area contributed by atoms with Gasteiger partial charge >= 0.3 is 0 Å². The molecule has 0 saturated carbocycles. The second kappa shape index (κ2) is 5.72. The van der Waals surface area contributed by atoms with Crippen molar-refractivity contribution in [2.24, 2.45) is 5.92 Å². The Kier molecular flexibility index (Phi) is 3.78. The minimum absolute atomic E-state index is 0.602. The van der Waals surface area contributed by atoms with Crippen LogP contribution in [-0.4, -0.2) is 16.5 Å². The summed E-state index contributed by atoms with van der Waals surface area (Å²) in [4.78, 5) is 11.0. The summed E-state index contributed by atoms with van der Waals surface area (Å²) in [5, 5.41) is 0. The van der Waals surface area contributed by atoms with Crippen molar-refractivity contribution in [1.82, 2.24) is 9.97 Å². The van der Waals surface area contributed by atoms with Crippen LogP contribution in [-0.2, 0) is 12.8 Å². The molecular weight excluding hydrogens is 260 g/mol. The molecule has 0 saturated heterocycles. The van der Waals surface area contributed by atoms with Gasteiger partial charge in [-0.1, -0.05) is 38.5 Å². The predicted octanol–water partition coefficient (Wildman–Crippen LogP) is 3.34. The zero-order valence-corrected chi connectivity index (χ0v) is 12.7. The van der Waals surface area contributed by atoms with Gasteiger partial charge < -0.3 is 10.6 Å². The second-order valence-corrected chi connectivity index (χ2v) is 5.86. The van der Waals surface area contributed by atoms with Gasteiger partial charge in [0.1, 0.15) is 18.0 Å². The Bertz CT molecular complexity index is 638. The zero-order valence-electron chi connectivity index (χ0n) is 12.7. The molecule has 4 heteroatoms. The average Bonchev–Trinajstić information content (AvgIpc) is 2.48. The van der Waals surface area contributed by atoms with E-state index in [2.05, 4.69) is 53.0 Å². The standard InChI is InChI=1S/C17H22N4/c1-3-6-14-16(18)19-11-20-17(14)21-10-12(2)9-13-7-4-5-8-15(13)21/h4-5,7-8,11-12H,3,6,9-10H2,1-2H3,(H2,18,19,20). The highest BCUT2D eigenvalue weighted by atomic mass is 15.2. The molecule has 1 aliphatic rings. The Morgan fingerprint density at radius 2 is 2.10 bits per heavy atom. The lowest BCUT2D eigenvalue weighted by Gasteiger charge is -2.35. The first kappa shape index (κ1) is 13.9. The average molecular weight is 282 g/mol. The molecule has 3 rings (SSSR count). The summed E-state index contributed by atoms with van der Waals surface area (Å²) in [5.74, 6) is 2.19. The Balaban J connectivity index is 2.11. The van der Waals surface area contributed by atoms with E-state index in [1.54, 1.807) is 6.33 Å². The Morgan fingerprint density at radius 1 is 1.29 bits per heavy atom. The van der Waals surface area contributed by atoms with Gasteiger partial charge in [-0.3, -0.25) is 0 Å². The molecule has 1 aromatic heterocycles. The summed E-state index contributed by atoms with van der Waals surface area (Å²) >= 11 is 0. The fourth-order valence-electron chi connectivity index (χ4n) is 3.14. The van der Waals surface area contributed by atoms with Gasteiger partial charge in [-0.15, -0.1) is 0 Å². The lowest BCUT2D eigenvalue weighted by atomic mass is 9.93. The third kappa shape index (κ3) is 2.58. The van der Waals surface area contributed by atoms with Gasteiger partial charge in [-0.05, 0) is 30.4 Å². The summed E-state index contributed by atoms with van der Waals surface area (Å²) in [7, 11) is 0. The highest BCUT2D eigenvalue weighted by molar-refractivity contribution is 5.70. The van der Waals surface area contributed by atoms with Crippen LogP contribution in [0.3, 0.4) is 0 Å². The van der Waals surface area contributed by atoms with Crippen LogP contribution in [0.15, 0.2) is 30.6 Å². The molecule has 1 unspecified atom stereocenters. The zero-order chi connectivity index (χ0) is 14.8. The van der Waals surface area contributed by atoms with Crippen LogP contribution >= 0.6 is 0 Å². The molecule has 4 nitrogen and oxygen atoms in total. The van der Waals surface area contributed by atoms with Crippen LogP contribution in [0.1, 0.15) is 31.4 Å². The van der Waals surface area contributed by atoms with E-state index < -0.39 is 0 Å². The molecule has 0 radical (unpaired) electrons. The highest BCUT2D eigenvalue weighted by Gasteiger charge is 2.25. The van der Waals surface area contributed by atoms with E-state index in [1.807, 2.05) is 0 Å². The number of para-hydroxylation sites is 1. The Hall–Kier alpha value is -2.10. The number of fused-ring (bicyclic) bond motifs is 1. The SMILES string of the molecule is CCCc1c(N)ncnc1N1CC(C)Cc2ccccc21. The van der Waals surface area contributed by atoms with Crippen LogP contribution in [0, 0.1) is 5.92 Å². The van der Waals surface area contributed by atoms with Gasteiger partial charge in [0.05, 0.1) is 0 Å². The van der Waals surface area contributed by atoms with Gasteiger partial charge in [0, 0.05) is 17.8 Å². The molecule has 2 heterocycles. The van der Waals surface area contributed by atoms with E-state index in [4.69, 9.17) is 5.73 Å². The predicted molar refractivity (Wildman–Crippen MR) is 86.8 cm³/mol.